The van der Waals surface area contributed by atoms with Crippen LogP contribution in [-0.2, 0) is 32.3 Å². The van der Waals surface area contributed by atoms with E-state index in [-0.39, 0.29) is 43.8 Å². The number of benzene rings is 2. The quantitative estimate of drug-likeness (QED) is 0.394. The summed E-state index contributed by atoms with van der Waals surface area (Å²) in [5, 5.41) is 10.6. The van der Waals surface area contributed by atoms with Gasteiger partial charge in [-0.2, -0.15) is 0 Å². The van der Waals surface area contributed by atoms with Crippen LogP contribution < -0.4 is 4.74 Å². The molecule has 3 atom stereocenters. The van der Waals surface area contributed by atoms with Crippen LogP contribution in [0.15, 0.2) is 54.6 Å². The molecule has 2 unspecified atom stereocenters. The molecule has 6 heteroatoms. The Kier molecular flexibility index (Phi) is 10.3. The lowest BCUT2D eigenvalue weighted by Crippen LogP contribution is -2.34. The highest BCUT2D eigenvalue weighted by atomic mass is 16.5. The van der Waals surface area contributed by atoms with Crippen LogP contribution in [0.2, 0.25) is 0 Å². The number of methoxy groups -OCH3 is 1. The van der Waals surface area contributed by atoms with Crippen LogP contribution in [0.3, 0.4) is 0 Å². The summed E-state index contributed by atoms with van der Waals surface area (Å²) < 4.78 is 24.8. The number of hydrogen-bond donors (Lipinski definition) is 1. The van der Waals surface area contributed by atoms with E-state index >= 15 is 0 Å². The number of carbonyl (C=O) groups is 2. The number of hydrogen-bond acceptors (Lipinski definition) is 6. The topological polar surface area (TPSA) is 82.1 Å². The average molecular weight is 473 g/mol. The van der Waals surface area contributed by atoms with Crippen molar-refractivity contribution in [1.82, 2.24) is 0 Å². The largest absolute Gasteiger partial charge is 0.497 e. The molecular formula is C28H38O6. The fraction of sp³-hybridized carbons (Fsp3) is 0.500. The van der Waals surface area contributed by atoms with E-state index in [0.717, 1.165) is 16.9 Å². The van der Waals surface area contributed by atoms with Crippen molar-refractivity contribution in [2.24, 2.45) is 5.41 Å². The van der Waals surface area contributed by atoms with Gasteiger partial charge >= 0.3 is 0 Å². The second-order valence-electron chi connectivity index (χ2n) is 9.32. The van der Waals surface area contributed by atoms with Gasteiger partial charge in [-0.25, -0.2) is 0 Å². The van der Waals surface area contributed by atoms with Crippen molar-refractivity contribution in [1.29, 1.82) is 0 Å². The van der Waals surface area contributed by atoms with E-state index < -0.39 is 17.6 Å². The molecule has 2 aromatic rings. The van der Waals surface area contributed by atoms with Gasteiger partial charge in [0.2, 0.25) is 0 Å². The number of ketones is 2. The van der Waals surface area contributed by atoms with Crippen LogP contribution in [0.5, 0.6) is 5.75 Å². The number of Topliss-reactive ketones (excluding diaryl/α,β-unsaturated/α-hetero) is 2. The Bertz CT molecular complexity index is 913. The van der Waals surface area contributed by atoms with Gasteiger partial charge in [-0.05, 0) is 30.2 Å². The Balaban J connectivity index is 1.99. The fourth-order valence-electron chi connectivity index (χ4n) is 3.33. The molecule has 0 aliphatic rings. The van der Waals surface area contributed by atoms with Crippen molar-refractivity contribution in [3.63, 3.8) is 0 Å². The van der Waals surface area contributed by atoms with Crippen molar-refractivity contribution in [2.75, 3.05) is 7.11 Å². The summed E-state index contributed by atoms with van der Waals surface area (Å²) in [6.07, 6.45) is -2.02. The molecule has 0 bridgehead atoms. The highest BCUT2D eigenvalue weighted by molar-refractivity contribution is 6.01. The van der Waals surface area contributed by atoms with Gasteiger partial charge in [-0.1, -0.05) is 63.2 Å². The molecule has 2 rings (SSSR count). The van der Waals surface area contributed by atoms with Gasteiger partial charge < -0.3 is 19.3 Å². The standard InChI is InChI=1S/C28H38O6/c1-20(33-18-21-9-7-6-8-10-21)26(34-19-22-11-13-25(32-5)14-12-22)16-23(29)15-24(30)17-27(31)28(2,3)4/h6-14,20,23,26,29H,15-19H2,1-5H3/t20-,23?,26?/m1/s1/i2T. The Labute approximate surface area is 204 Å². The molecule has 0 amide bonds. The molecule has 0 spiro atoms. The molecular weight excluding hydrogens is 432 g/mol. The minimum atomic E-state index is -0.974. The van der Waals surface area contributed by atoms with Crippen LogP contribution in [-0.4, -0.2) is 42.1 Å². The zero-order valence-electron chi connectivity index (χ0n) is 21.7. The predicted molar refractivity (Wildman–Crippen MR) is 132 cm³/mol. The first kappa shape index (κ1) is 26.1. The molecule has 2 aromatic carbocycles. The minimum Gasteiger partial charge on any atom is -0.497 e. The zero-order chi connectivity index (χ0) is 25.8. The molecule has 186 valence electrons. The first-order valence-electron chi connectivity index (χ1n) is 12.3. The van der Waals surface area contributed by atoms with Crippen LogP contribution in [0.4, 0.5) is 0 Å². The molecule has 0 radical (unpaired) electrons. The van der Waals surface area contributed by atoms with E-state index in [9.17, 15) is 14.7 Å². The Hall–Kier alpha value is -2.54. The molecule has 0 aromatic heterocycles. The maximum atomic E-state index is 12.4. The fourth-order valence-corrected chi connectivity index (χ4v) is 3.33. The third kappa shape index (κ3) is 9.75. The lowest BCUT2D eigenvalue weighted by Gasteiger charge is -2.27. The Morgan fingerprint density at radius 2 is 1.62 bits per heavy atom. The molecule has 34 heavy (non-hydrogen) atoms. The minimum absolute atomic E-state index is 0.0841. The van der Waals surface area contributed by atoms with E-state index in [1.807, 2.05) is 61.5 Å². The molecule has 0 saturated carbocycles. The zero-order valence-corrected chi connectivity index (χ0v) is 20.7. The summed E-state index contributed by atoms with van der Waals surface area (Å²) in [6, 6.07) is 17.3. The van der Waals surface area contributed by atoms with Crippen molar-refractivity contribution >= 4 is 11.6 Å². The molecule has 0 fully saturated rings. The smallest absolute Gasteiger partial charge is 0.145 e. The molecule has 0 saturated heterocycles. The SMILES string of the molecule is [3H]CC(C)(C)C(=O)CC(=O)CC(O)CC(OCc1ccc(OC)cc1)[C@@H](C)OCc1ccccc1. The number of aliphatic hydroxyl groups is 1. The number of carbonyl (C=O) groups excluding carboxylic acids is 2. The number of rotatable bonds is 14. The van der Waals surface area contributed by atoms with Crippen LogP contribution in [0.25, 0.3) is 0 Å². The summed E-state index contributed by atoms with van der Waals surface area (Å²) >= 11 is 0. The van der Waals surface area contributed by atoms with Gasteiger partial charge in [0.1, 0.15) is 17.3 Å². The maximum absolute atomic E-state index is 12.4. The second-order valence-corrected chi connectivity index (χ2v) is 9.32. The highest BCUT2D eigenvalue weighted by Crippen LogP contribution is 2.21. The molecule has 1 N–H and O–H groups in total. The van der Waals surface area contributed by atoms with E-state index in [1.54, 1.807) is 21.0 Å². The van der Waals surface area contributed by atoms with Gasteiger partial charge in [0.25, 0.3) is 0 Å². The van der Waals surface area contributed by atoms with Gasteiger partial charge in [-0.15, -0.1) is 0 Å². The summed E-state index contributed by atoms with van der Waals surface area (Å²) in [6.45, 7) is 5.82. The third-order valence-electron chi connectivity index (χ3n) is 5.58. The lowest BCUT2D eigenvalue weighted by atomic mass is 9.87. The van der Waals surface area contributed by atoms with Crippen LogP contribution in [0.1, 0.15) is 59.4 Å². The Morgan fingerprint density at radius 3 is 2.24 bits per heavy atom. The first-order valence-corrected chi connectivity index (χ1v) is 11.6. The number of aliphatic hydroxyl groups excluding tert-OH is 1. The summed E-state index contributed by atoms with van der Waals surface area (Å²) in [5.41, 5.74) is 1.10. The third-order valence-corrected chi connectivity index (χ3v) is 5.58. The van der Waals surface area contributed by atoms with E-state index in [1.165, 1.54) is 0 Å². The van der Waals surface area contributed by atoms with Crippen molar-refractivity contribution in [2.45, 2.75) is 78.5 Å². The van der Waals surface area contributed by atoms with Gasteiger partial charge in [-0.3, -0.25) is 9.59 Å². The molecule has 6 nitrogen and oxygen atoms in total. The lowest BCUT2D eigenvalue weighted by molar-refractivity contribution is -0.133. The summed E-state index contributed by atoms with van der Waals surface area (Å²) in [5.74, 6) is 0.134. The van der Waals surface area contributed by atoms with Gasteiger partial charge in [0.15, 0.2) is 0 Å². The van der Waals surface area contributed by atoms with Crippen LogP contribution in [0, 0.1) is 5.41 Å². The van der Waals surface area contributed by atoms with Crippen LogP contribution >= 0.6 is 0 Å². The highest BCUT2D eigenvalue weighted by Gasteiger charge is 2.27. The average Bonchev–Trinajstić information content (AvgIpc) is 2.85. The summed E-state index contributed by atoms with van der Waals surface area (Å²) in [4.78, 5) is 24.7. The summed E-state index contributed by atoms with van der Waals surface area (Å²) in [7, 11) is 1.61. The van der Waals surface area contributed by atoms with Crippen molar-refractivity contribution in [3.8, 4) is 5.75 Å². The monoisotopic (exact) mass is 472 g/mol. The first-order chi connectivity index (χ1) is 16.6. The van der Waals surface area contributed by atoms with Crippen molar-refractivity contribution in [3.05, 3.63) is 65.7 Å². The van der Waals surface area contributed by atoms with E-state index in [4.69, 9.17) is 15.6 Å². The molecule has 0 aliphatic heterocycles. The van der Waals surface area contributed by atoms with E-state index in [0.29, 0.717) is 13.2 Å². The molecule has 0 heterocycles. The van der Waals surface area contributed by atoms with Gasteiger partial charge in [0, 0.05) is 19.6 Å². The normalized spacial score (nSPS) is 14.7. The predicted octanol–water partition coefficient (Wildman–Crippen LogP) is 4.90. The molecule has 0 aliphatic carbocycles. The number of ether oxygens (including phenoxy) is 3. The Morgan fingerprint density at radius 1 is 1.00 bits per heavy atom. The second kappa shape index (κ2) is 13.4. The maximum Gasteiger partial charge on any atom is 0.145 e. The van der Waals surface area contributed by atoms with Crippen molar-refractivity contribution < 1.29 is 30.3 Å². The van der Waals surface area contributed by atoms with E-state index in [2.05, 4.69) is 0 Å². The van der Waals surface area contributed by atoms with Gasteiger partial charge in [0.05, 0.1) is 45.1 Å².